The van der Waals surface area contributed by atoms with E-state index in [-0.39, 0.29) is 18.0 Å². The van der Waals surface area contributed by atoms with Gasteiger partial charge in [-0.25, -0.2) is 0 Å². The average molecular weight is 726 g/mol. The second kappa shape index (κ2) is 32.1. The number of hydrogen-bond donors (Lipinski definition) is 0. The van der Waals surface area contributed by atoms with Gasteiger partial charge in [-0.3, -0.25) is 4.79 Å². The summed E-state index contributed by atoms with van der Waals surface area (Å²) in [6, 6.07) is 0. The minimum atomic E-state index is -0.384. The summed E-state index contributed by atoms with van der Waals surface area (Å²) in [5.41, 5.74) is 0. The van der Waals surface area contributed by atoms with Crippen molar-refractivity contribution in [1.82, 2.24) is 4.90 Å². The molecule has 52 heavy (non-hydrogen) atoms. The normalized spacial score (nSPS) is 21.9. The SMILES string of the molecule is CCCCC/C=C\C/C=C\CCCCCCCCC1(CCCCCCCC/C=C\CCCCCCCC)O[C@H]2C[C@H](CC(=O)CCN(C)C)C[C@H]2O1. The molecule has 0 N–H and O–H groups in total. The highest BCUT2D eigenvalue weighted by Crippen LogP contribution is 2.46. The van der Waals surface area contributed by atoms with Gasteiger partial charge < -0.3 is 14.4 Å². The smallest absolute Gasteiger partial charge is 0.169 e. The van der Waals surface area contributed by atoms with Gasteiger partial charge in [0, 0.05) is 32.2 Å². The molecule has 1 aliphatic heterocycles. The summed E-state index contributed by atoms with van der Waals surface area (Å²) in [4.78, 5) is 14.7. The van der Waals surface area contributed by atoms with Crippen molar-refractivity contribution in [3.63, 3.8) is 0 Å². The monoisotopic (exact) mass is 726 g/mol. The first-order chi connectivity index (χ1) is 25.5. The molecule has 1 unspecified atom stereocenters. The lowest BCUT2D eigenvalue weighted by molar-refractivity contribution is -0.193. The van der Waals surface area contributed by atoms with E-state index in [2.05, 4.69) is 55.2 Å². The zero-order valence-corrected chi connectivity index (χ0v) is 35.2. The predicted molar refractivity (Wildman–Crippen MR) is 226 cm³/mol. The number of unbranched alkanes of at least 4 members (excludes halogenated alkanes) is 21. The van der Waals surface area contributed by atoms with Crippen LogP contribution in [0.4, 0.5) is 0 Å². The molecular formula is C48H87NO3. The highest BCUT2D eigenvalue weighted by atomic mass is 16.8. The van der Waals surface area contributed by atoms with Crippen LogP contribution in [0.25, 0.3) is 0 Å². The van der Waals surface area contributed by atoms with Crippen LogP contribution in [0.3, 0.4) is 0 Å². The third-order valence-electron chi connectivity index (χ3n) is 11.5. The Kier molecular flexibility index (Phi) is 28.9. The molecule has 1 heterocycles. The molecule has 2 fully saturated rings. The molecule has 302 valence electrons. The van der Waals surface area contributed by atoms with Crippen molar-refractivity contribution in [2.75, 3.05) is 20.6 Å². The molecule has 0 bridgehead atoms. The molecule has 0 aromatic heterocycles. The Labute approximate surface area is 324 Å². The van der Waals surface area contributed by atoms with Gasteiger partial charge in [-0.1, -0.05) is 147 Å². The molecule has 0 aromatic carbocycles. The van der Waals surface area contributed by atoms with Crippen LogP contribution in [0.15, 0.2) is 36.5 Å². The van der Waals surface area contributed by atoms with Gasteiger partial charge in [0.05, 0.1) is 12.2 Å². The number of ether oxygens (including phenoxy) is 2. The lowest BCUT2D eigenvalue weighted by Gasteiger charge is -2.30. The molecule has 4 nitrogen and oxygen atoms in total. The number of rotatable bonds is 36. The lowest BCUT2D eigenvalue weighted by atomic mass is 9.97. The maximum absolute atomic E-state index is 12.6. The number of Topliss-reactive ketones (excluding diaryl/α,β-unsaturated/α-hetero) is 1. The summed E-state index contributed by atoms with van der Waals surface area (Å²) in [5.74, 6) is 0.441. The Morgan fingerprint density at radius 1 is 0.558 bits per heavy atom. The average Bonchev–Trinajstić information content (AvgIpc) is 3.65. The molecule has 0 amide bonds. The Bertz CT molecular complexity index is 909. The first-order valence-electron chi connectivity index (χ1n) is 22.9. The zero-order chi connectivity index (χ0) is 37.4. The Morgan fingerprint density at radius 3 is 1.40 bits per heavy atom. The van der Waals surface area contributed by atoms with Crippen LogP contribution in [-0.4, -0.2) is 49.3 Å². The molecule has 0 radical (unpaired) electrons. The van der Waals surface area contributed by atoms with Crippen LogP contribution >= 0.6 is 0 Å². The summed E-state index contributed by atoms with van der Waals surface area (Å²) in [6.07, 6.45) is 54.1. The van der Waals surface area contributed by atoms with Crippen molar-refractivity contribution in [2.45, 2.75) is 237 Å². The topological polar surface area (TPSA) is 38.8 Å². The van der Waals surface area contributed by atoms with Crippen molar-refractivity contribution < 1.29 is 14.3 Å². The second-order valence-electron chi connectivity index (χ2n) is 16.9. The van der Waals surface area contributed by atoms with Gasteiger partial charge in [0.15, 0.2) is 5.79 Å². The number of fused-ring (bicyclic) bond motifs is 1. The summed E-state index contributed by atoms with van der Waals surface area (Å²) >= 11 is 0. The third kappa shape index (κ3) is 24.2. The molecule has 0 aromatic rings. The van der Waals surface area contributed by atoms with E-state index in [1.807, 2.05) is 14.1 Å². The Balaban J connectivity index is 1.63. The molecule has 2 aliphatic rings. The lowest BCUT2D eigenvalue weighted by Crippen LogP contribution is -2.32. The number of nitrogens with zero attached hydrogens (tertiary/aromatic N) is 1. The van der Waals surface area contributed by atoms with Gasteiger partial charge in [-0.2, -0.15) is 0 Å². The molecule has 4 heteroatoms. The van der Waals surface area contributed by atoms with E-state index < -0.39 is 0 Å². The standard InChI is InChI=1S/C48H87NO3/c1-5-7-9-11-13-15-17-19-21-23-25-27-29-31-33-35-38-48(51-46-42-44(43-47(46)52-48)41-45(50)37-40-49(3)4)39-36-34-32-30-28-26-24-22-20-18-16-14-12-10-8-6-2/h13,15,19-22,44,46-47H,5-12,14,16-18,23-43H2,1-4H3/b15-13-,21-19-,22-20-/t44-,46-,47+,48?. The summed E-state index contributed by atoms with van der Waals surface area (Å²) in [7, 11) is 4.08. The highest BCUT2D eigenvalue weighted by molar-refractivity contribution is 5.78. The molecule has 1 saturated carbocycles. The summed E-state index contributed by atoms with van der Waals surface area (Å²) in [5, 5.41) is 0. The molecule has 1 aliphatic carbocycles. The van der Waals surface area contributed by atoms with Crippen LogP contribution in [0.5, 0.6) is 0 Å². The van der Waals surface area contributed by atoms with E-state index in [0.29, 0.717) is 24.5 Å². The Morgan fingerprint density at radius 2 is 0.942 bits per heavy atom. The van der Waals surface area contributed by atoms with Crippen molar-refractivity contribution in [3.05, 3.63) is 36.5 Å². The number of hydrogen-bond acceptors (Lipinski definition) is 4. The van der Waals surface area contributed by atoms with E-state index in [0.717, 1.165) is 38.6 Å². The van der Waals surface area contributed by atoms with E-state index >= 15 is 0 Å². The van der Waals surface area contributed by atoms with E-state index in [1.165, 1.54) is 161 Å². The minimum Gasteiger partial charge on any atom is -0.344 e. The Hall–Kier alpha value is -1.23. The van der Waals surface area contributed by atoms with E-state index in [4.69, 9.17) is 9.47 Å². The van der Waals surface area contributed by atoms with Gasteiger partial charge in [0.2, 0.25) is 0 Å². The number of ketones is 1. The number of carbonyl (C=O) groups is 1. The first kappa shape index (κ1) is 46.9. The van der Waals surface area contributed by atoms with Crippen molar-refractivity contribution >= 4 is 5.78 Å². The van der Waals surface area contributed by atoms with Gasteiger partial charge >= 0.3 is 0 Å². The predicted octanol–water partition coefficient (Wildman–Crippen LogP) is 14.4. The van der Waals surface area contributed by atoms with Crippen LogP contribution in [0, 0.1) is 5.92 Å². The van der Waals surface area contributed by atoms with Crippen LogP contribution < -0.4 is 0 Å². The van der Waals surface area contributed by atoms with Crippen molar-refractivity contribution in [2.24, 2.45) is 5.92 Å². The van der Waals surface area contributed by atoms with Gasteiger partial charge in [-0.15, -0.1) is 0 Å². The minimum absolute atomic E-state index is 0.186. The zero-order valence-electron chi connectivity index (χ0n) is 35.2. The van der Waals surface area contributed by atoms with Gasteiger partial charge in [-0.05, 0) is 103 Å². The second-order valence-corrected chi connectivity index (χ2v) is 16.9. The van der Waals surface area contributed by atoms with E-state index in [1.54, 1.807) is 0 Å². The summed E-state index contributed by atoms with van der Waals surface area (Å²) < 4.78 is 13.7. The number of allylic oxidation sites excluding steroid dienone is 6. The summed E-state index contributed by atoms with van der Waals surface area (Å²) in [6.45, 7) is 5.40. The number of carbonyl (C=O) groups excluding carboxylic acids is 1. The molecule has 4 atom stereocenters. The van der Waals surface area contributed by atoms with Gasteiger partial charge in [0.25, 0.3) is 0 Å². The molecule has 2 rings (SSSR count). The van der Waals surface area contributed by atoms with E-state index in [9.17, 15) is 4.79 Å². The maximum atomic E-state index is 12.6. The van der Waals surface area contributed by atoms with Crippen molar-refractivity contribution in [1.29, 1.82) is 0 Å². The highest BCUT2D eigenvalue weighted by Gasteiger charge is 2.51. The molecule has 0 spiro atoms. The fourth-order valence-electron chi connectivity index (χ4n) is 8.21. The van der Waals surface area contributed by atoms with Crippen LogP contribution in [0.1, 0.15) is 219 Å². The molecular weight excluding hydrogens is 639 g/mol. The maximum Gasteiger partial charge on any atom is 0.169 e. The van der Waals surface area contributed by atoms with Crippen LogP contribution in [0.2, 0.25) is 0 Å². The van der Waals surface area contributed by atoms with Gasteiger partial charge in [0.1, 0.15) is 5.78 Å². The first-order valence-corrected chi connectivity index (χ1v) is 22.9. The fourth-order valence-corrected chi connectivity index (χ4v) is 8.21. The quantitative estimate of drug-likeness (QED) is 0.0476. The third-order valence-corrected chi connectivity index (χ3v) is 11.5. The molecule has 1 saturated heterocycles. The van der Waals surface area contributed by atoms with Crippen LogP contribution in [-0.2, 0) is 14.3 Å². The largest absolute Gasteiger partial charge is 0.344 e. The van der Waals surface area contributed by atoms with Crippen molar-refractivity contribution in [3.8, 4) is 0 Å². The fraction of sp³-hybridized carbons (Fsp3) is 0.854.